The van der Waals surface area contributed by atoms with Crippen LogP contribution < -0.4 is 10.2 Å². The number of nitrogens with zero attached hydrogens (tertiary/aromatic N) is 2. The molecule has 2 aromatic carbocycles. The summed E-state index contributed by atoms with van der Waals surface area (Å²) in [6.45, 7) is 6.06. The molecule has 1 fully saturated rings. The molecule has 0 radical (unpaired) electrons. The van der Waals surface area contributed by atoms with E-state index in [1.54, 1.807) is 25.1 Å². The largest absolute Gasteiger partial charge is 0.444 e. The van der Waals surface area contributed by atoms with E-state index in [0.717, 1.165) is 48.9 Å². The number of nitrogens with one attached hydrogen (secondary N) is 1. The van der Waals surface area contributed by atoms with Crippen molar-refractivity contribution in [1.82, 2.24) is 10.2 Å². The fraction of sp³-hybridized carbons (Fsp3) is 0.481. The molecule has 0 saturated heterocycles. The van der Waals surface area contributed by atoms with E-state index >= 15 is 0 Å². The highest BCUT2D eigenvalue weighted by Crippen LogP contribution is 2.27. The molecular formula is C27H36FN3O3. The van der Waals surface area contributed by atoms with Crippen molar-refractivity contribution in [2.24, 2.45) is 0 Å². The van der Waals surface area contributed by atoms with Gasteiger partial charge in [-0.15, -0.1) is 0 Å². The molecule has 2 amide bonds. The van der Waals surface area contributed by atoms with Gasteiger partial charge in [0, 0.05) is 44.0 Å². The molecule has 1 aliphatic rings. The van der Waals surface area contributed by atoms with Crippen LogP contribution >= 0.6 is 0 Å². The number of anilines is 1. The highest BCUT2D eigenvalue weighted by Gasteiger charge is 2.29. The summed E-state index contributed by atoms with van der Waals surface area (Å²) in [5.41, 5.74) is 2.82. The molecule has 3 rings (SSSR count). The summed E-state index contributed by atoms with van der Waals surface area (Å²) >= 11 is 0. The number of carbonyl (C=O) groups is 2. The van der Waals surface area contributed by atoms with E-state index in [1.807, 2.05) is 51.1 Å². The van der Waals surface area contributed by atoms with Crippen molar-refractivity contribution in [2.75, 3.05) is 19.0 Å². The minimum Gasteiger partial charge on any atom is -0.444 e. The monoisotopic (exact) mass is 469 g/mol. The van der Waals surface area contributed by atoms with Crippen LogP contribution in [0.5, 0.6) is 0 Å². The first-order valence-electron chi connectivity index (χ1n) is 11.8. The Morgan fingerprint density at radius 1 is 1.06 bits per heavy atom. The molecular weight excluding hydrogens is 433 g/mol. The van der Waals surface area contributed by atoms with Crippen LogP contribution in [0.15, 0.2) is 42.5 Å². The number of ether oxygens (including phenoxy) is 1. The lowest BCUT2D eigenvalue weighted by Gasteiger charge is -2.35. The van der Waals surface area contributed by atoms with Gasteiger partial charge in [-0.1, -0.05) is 18.2 Å². The Balaban J connectivity index is 1.55. The van der Waals surface area contributed by atoms with Gasteiger partial charge in [0.15, 0.2) is 0 Å². The molecule has 6 nitrogen and oxygen atoms in total. The third-order valence-electron chi connectivity index (χ3n) is 6.32. The number of rotatable bonds is 7. The van der Waals surface area contributed by atoms with E-state index in [0.29, 0.717) is 12.1 Å². The van der Waals surface area contributed by atoms with E-state index in [-0.39, 0.29) is 24.0 Å². The van der Waals surface area contributed by atoms with Crippen LogP contribution in [0.2, 0.25) is 0 Å². The molecule has 0 heterocycles. The third-order valence-corrected chi connectivity index (χ3v) is 6.32. The number of halogens is 1. The summed E-state index contributed by atoms with van der Waals surface area (Å²) in [4.78, 5) is 26.5. The standard InChI is InChI=1S/C27H36FN3O3/c1-27(2,3)34-26(33)31(5)24-13-9-22(10-14-24)29-17-21-16-20(8-15-25(21)28)19-6-11-23(12-7-19)30(4)18-32/h6-8,11-12,15-16,18,22,24,29H,9-10,13-14,17H2,1-5H3/t22-,24-. The van der Waals surface area contributed by atoms with Crippen molar-refractivity contribution >= 4 is 18.2 Å². The second-order valence-corrected chi connectivity index (χ2v) is 10.0. The summed E-state index contributed by atoms with van der Waals surface area (Å²) in [6, 6.07) is 13.2. The van der Waals surface area contributed by atoms with E-state index < -0.39 is 5.60 Å². The summed E-state index contributed by atoms with van der Waals surface area (Å²) in [6.07, 6.45) is 4.10. The summed E-state index contributed by atoms with van der Waals surface area (Å²) in [7, 11) is 3.50. The molecule has 7 heteroatoms. The molecule has 1 N–H and O–H groups in total. The van der Waals surface area contributed by atoms with Gasteiger partial charge < -0.3 is 19.9 Å². The SMILES string of the molecule is CN(C=O)c1ccc(-c2ccc(F)c(CN[C@H]3CC[C@H](N(C)C(=O)OC(C)(C)C)CC3)c2)cc1. The number of hydrogen-bond acceptors (Lipinski definition) is 4. The minimum atomic E-state index is -0.503. The Hall–Kier alpha value is -2.93. The van der Waals surface area contributed by atoms with E-state index in [9.17, 15) is 14.0 Å². The number of hydrogen-bond donors (Lipinski definition) is 1. The topological polar surface area (TPSA) is 61.9 Å². The normalized spacial score (nSPS) is 18.3. The lowest BCUT2D eigenvalue weighted by atomic mass is 9.90. The molecule has 0 unspecified atom stereocenters. The van der Waals surface area contributed by atoms with Gasteiger partial charge in [0.25, 0.3) is 0 Å². The van der Waals surface area contributed by atoms with Crippen LogP contribution in [-0.2, 0) is 16.1 Å². The van der Waals surface area contributed by atoms with Crippen LogP contribution in [-0.4, -0.2) is 49.2 Å². The maximum atomic E-state index is 14.5. The van der Waals surface area contributed by atoms with Crippen LogP contribution in [0.4, 0.5) is 14.9 Å². The summed E-state index contributed by atoms with van der Waals surface area (Å²) < 4.78 is 20.0. The number of amides is 2. The van der Waals surface area contributed by atoms with Gasteiger partial charge in [-0.3, -0.25) is 4.79 Å². The first kappa shape index (κ1) is 25.7. The minimum absolute atomic E-state index is 0.161. The molecule has 0 atom stereocenters. The molecule has 0 spiro atoms. The Bertz CT molecular complexity index is 980. The average Bonchev–Trinajstić information content (AvgIpc) is 2.82. The molecule has 2 aromatic rings. The second-order valence-electron chi connectivity index (χ2n) is 10.0. The van der Waals surface area contributed by atoms with Crippen molar-refractivity contribution in [3.8, 4) is 11.1 Å². The van der Waals surface area contributed by atoms with Crippen LogP contribution in [0.1, 0.15) is 52.0 Å². The van der Waals surface area contributed by atoms with E-state index in [2.05, 4.69) is 5.32 Å². The molecule has 184 valence electrons. The highest BCUT2D eigenvalue weighted by molar-refractivity contribution is 5.76. The zero-order valence-electron chi connectivity index (χ0n) is 20.8. The fourth-order valence-corrected chi connectivity index (χ4v) is 4.24. The molecule has 34 heavy (non-hydrogen) atoms. The Morgan fingerprint density at radius 2 is 1.68 bits per heavy atom. The number of benzene rings is 2. The van der Waals surface area contributed by atoms with Gasteiger partial charge in [0.2, 0.25) is 6.41 Å². The Kier molecular flexibility index (Phi) is 8.31. The molecule has 0 aromatic heterocycles. The predicted octanol–water partition coefficient (Wildman–Crippen LogP) is 5.35. The fourth-order valence-electron chi connectivity index (χ4n) is 4.24. The second kappa shape index (κ2) is 11.0. The lowest BCUT2D eigenvalue weighted by molar-refractivity contribution is -0.107. The van der Waals surface area contributed by atoms with E-state index in [1.165, 1.54) is 11.0 Å². The maximum absolute atomic E-state index is 14.5. The van der Waals surface area contributed by atoms with Gasteiger partial charge in [0.05, 0.1) is 0 Å². The summed E-state index contributed by atoms with van der Waals surface area (Å²) in [5, 5.41) is 3.50. The Morgan fingerprint density at radius 3 is 2.26 bits per heavy atom. The zero-order chi connectivity index (χ0) is 24.9. The van der Waals surface area contributed by atoms with Crippen LogP contribution in [0, 0.1) is 5.82 Å². The van der Waals surface area contributed by atoms with Gasteiger partial charge in [-0.2, -0.15) is 0 Å². The highest BCUT2D eigenvalue weighted by atomic mass is 19.1. The first-order chi connectivity index (χ1) is 16.1. The number of carbonyl (C=O) groups excluding carboxylic acids is 2. The van der Waals surface area contributed by atoms with Crippen molar-refractivity contribution in [1.29, 1.82) is 0 Å². The van der Waals surface area contributed by atoms with Gasteiger partial charge >= 0.3 is 6.09 Å². The predicted molar refractivity (Wildman–Crippen MR) is 133 cm³/mol. The third kappa shape index (κ3) is 6.79. The molecule has 1 aliphatic carbocycles. The van der Waals surface area contributed by atoms with Crippen molar-refractivity contribution < 1.29 is 18.7 Å². The zero-order valence-corrected chi connectivity index (χ0v) is 20.8. The van der Waals surface area contributed by atoms with Gasteiger partial charge in [0.1, 0.15) is 11.4 Å². The first-order valence-corrected chi connectivity index (χ1v) is 11.8. The molecule has 1 saturated carbocycles. The van der Waals surface area contributed by atoms with Gasteiger partial charge in [-0.25, -0.2) is 9.18 Å². The quantitative estimate of drug-likeness (QED) is 0.555. The Labute approximate surface area is 202 Å². The summed E-state index contributed by atoms with van der Waals surface area (Å²) in [5.74, 6) is -0.230. The van der Waals surface area contributed by atoms with Crippen molar-refractivity contribution in [3.05, 3.63) is 53.8 Å². The van der Waals surface area contributed by atoms with Crippen LogP contribution in [0.3, 0.4) is 0 Å². The average molecular weight is 470 g/mol. The van der Waals surface area contributed by atoms with E-state index in [4.69, 9.17) is 4.74 Å². The molecule has 0 aliphatic heterocycles. The van der Waals surface area contributed by atoms with Crippen molar-refractivity contribution in [2.45, 2.75) is 70.7 Å². The van der Waals surface area contributed by atoms with Crippen LogP contribution in [0.25, 0.3) is 11.1 Å². The molecule has 0 bridgehead atoms. The maximum Gasteiger partial charge on any atom is 0.410 e. The van der Waals surface area contributed by atoms with Crippen molar-refractivity contribution in [3.63, 3.8) is 0 Å². The lowest BCUT2D eigenvalue weighted by Crippen LogP contribution is -2.44. The smallest absolute Gasteiger partial charge is 0.410 e. The van der Waals surface area contributed by atoms with Gasteiger partial charge in [-0.05, 0) is 81.8 Å².